The van der Waals surface area contributed by atoms with Crippen LogP contribution in [0.15, 0.2) is 54.7 Å². The summed E-state index contributed by atoms with van der Waals surface area (Å²) in [5.41, 5.74) is 5.20. The van der Waals surface area contributed by atoms with Crippen LogP contribution in [0, 0.1) is 0 Å². The number of aromatic carboxylic acids is 1. The minimum atomic E-state index is -0.879. The molecule has 2 heterocycles. The molecule has 2 N–H and O–H groups in total. The zero-order valence-electron chi connectivity index (χ0n) is 17.4. The van der Waals surface area contributed by atoms with Crippen LogP contribution >= 0.6 is 0 Å². The molecular formula is C25H28N2O3. The van der Waals surface area contributed by atoms with Crippen LogP contribution < -0.4 is 4.74 Å². The third-order valence-electron chi connectivity index (χ3n) is 5.92. The van der Waals surface area contributed by atoms with E-state index < -0.39 is 5.97 Å². The predicted octanol–water partition coefficient (Wildman–Crippen LogP) is 4.99. The monoisotopic (exact) mass is 404 g/mol. The lowest BCUT2D eigenvalue weighted by Gasteiger charge is -2.26. The Morgan fingerprint density at radius 2 is 2.10 bits per heavy atom. The lowest BCUT2D eigenvalue weighted by Crippen LogP contribution is -2.29. The van der Waals surface area contributed by atoms with Crippen LogP contribution in [0.1, 0.15) is 40.7 Å². The van der Waals surface area contributed by atoms with Gasteiger partial charge in [0.2, 0.25) is 0 Å². The van der Waals surface area contributed by atoms with Gasteiger partial charge in [-0.15, -0.1) is 0 Å². The van der Waals surface area contributed by atoms with Crippen molar-refractivity contribution >= 4 is 22.4 Å². The maximum Gasteiger partial charge on any atom is 0.335 e. The highest BCUT2D eigenvalue weighted by Gasteiger charge is 2.13. The van der Waals surface area contributed by atoms with E-state index in [0.29, 0.717) is 5.56 Å². The van der Waals surface area contributed by atoms with Crippen molar-refractivity contribution in [1.82, 2.24) is 9.88 Å². The Kier molecular flexibility index (Phi) is 6.19. The Morgan fingerprint density at radius 1 is 1.20 bits per heavy atom. The largest absolute Gasteiger partial charge is 0.497 e. The average molecular weight is 405 g/mol. The Hall–Kier alpha value is -3.05. The number of aromatic nitrogens is 1. The van der Waals surface area contributed by atoms with Crippen molar-refractivity contribution < 1.29 is 14.6 Å². The van der Waals surface area contributed by atoms with E-state index in [9.17, 15) is 9.90 Å². The van der Waals surface area contributed by atoms with E-state index in [1.165, 1.54) is 16.7 Å². The van der Waals surface area contributed by atoms with E-state index in [1.54, 1.807) is 19.2 Å². The molecule has 0 unspecified atom stereocenters. The number of nitrogens with one attached hydrogen (secondary N) is 1. The number of H-pyrrole nitrogens is 1. The second-order valence-corrected chi connectivity index (χ2v) is 7.85. The topological polar surface area (TPSA) is 65.6 Å². The van der Waals surface area contributed by atoms with Gasteiger partial charge < -0.3 is 14.8 Å². The molecule has 0 aliphatic carbocycles. The van der Waals surface area contributed by atoms with Gasteiger partial charge in [0.1, 0.15) is 5.75 Å². The molecule has 3 aromatic rings. The number of unbranched alkanes of at least 4 members (excludes halogenated alkanes) is 1. The number of fused-ring (bicyclic) bond motifs is 1. The zero-order chi connectivity index (χ0) is 20.9. The summed E-state index contributed by atoms with van der Waals surface area (Å²) in [6.45, 7) is 3.16. The van der Waals surface area contributed by atoms with Gasteiger partial charge in [-0.05, 0) is 79.3 Å². The second-order valence-electron chi connectivity index (χ2n) is 7.85. The number of aryl methyl sites for hydroxylation is 1. The van der Waals surface area contributed by atoms with Gasteiger partial charge in [-0.1, -0.05) is 18.2 Å². The molecule has 0 fully saturated rings. The van der Waals surface area contributed by atoms with Gasteiger partial charge in [-0.3, -0.25) is 4.90 Å². The van der Waals surface area contributed by atoms with Gasteiger partial charge in [0.25, 0.3) is 0 Å². The van der Waals surface area contributed by atoms with Crippen molar-refractivity contribution in [2.24, 2.45) is 0 Å². The first-order chi connectivity index (χ1) is 14.6. The van der Waals surface area contributed by atoms with E-state index in [1.807, 2.05) is 24.4 Å². The molecular weight excluding hydrogens is 376 g/mol. The van der Waals surface area contributed by atoms with E-state index in [4.69, 9.17) is 4.74 Å². The molecule has 4 rings (SSSR count). The third-order valence-corrected chi connectivity index (χ3v) is 5.92. The molecule has 0 amide bonds. The molecule has 0 spiro atoms. The number of hydrogen-bond donors (Lipinski definition) is 2. The van der Waals surface area contributed by atoms with Crippen LogP contribution in [0.25, 0.3) is 16.5 Å². The molecule has 0 bridgehead atoms. The first kappa shape index (κ1) is 20.2. The number of aromatic amines is 1. The van der Waals surface area contributed by atoms with E-state index in [2.05, 4.69) is 28.1 Å². The van der Waals surface area contributed by atoms with Crippen LogP contribution in [0.3, 0.4) is 0 Å². The number of carboxylic acid groups (broad SMARTS) is 1. The fraction of sp³-hybridized carbons (Fsp3) is 0.320. The summed E-state index contributed by atoms with van der Waals surface area (Å²) in [5.74, 6) is 0.0269. The van der Waals surface area contributed by atoms with Crippen molar-refractivity contribution in [2.45, 2.75) is 25.7 Å². The number of ether oxygens (including phenoxy) is 1. The summed E-state index contributed by atoms with van der Waals surface area (Å²) in [7, 11) is 1.71. The van der Waals surface area contributed by atoms with Crippen molar-refractivity contribution in [2.75, 3.05) is 26.7 Å². The summed E-state index contributed by atoms with van der Waals surface area (Å²) < 4.78 is 5.34. The standard InChI is InChI=1S/C25H28N2O3/c1-30-22-7-4-6-19(15-22)18-10-13-27(14-11-18)12-3-2-5-21-17-26-24-9-8-20(25(28)29)16-23(21)24/h4,6-10,15-17,26H,2-3,5,11-14H2,1H3,(H,28,29). The number of rotatable bonds is 8. The predicted molar refractivity (Wildman–Crippen MR) is 120 cm³/mol. The van der Waals surface area contributed by atoms with Crippen LogP contribution in [0.5, 0.6) is 5.75 Å². The van der Waals surface area contributed by atoms with Gasteiger partial charge in [0, 0.05) is 30.2 Å². The van der Waals surface area contributed by atoms with E-state index >= 15 is 0 Å². The maximum atomic E-state index is 11.2. The zero-order valence-corrected chi connectivity index (χ0v) is 17.4. The first-order valence-electron chi connectivity index (χ1n) is 10.5. The minimum absolute atomic E-state index is 0.343. The van der Waals surface area contributed by atoms with Crippen molar-refractivity contribution in [3.63, 3.8) is 0 Å². The molecule has 1 aliphatic rings. The van der Waals surface area contributed by atoms with Gasteiger partial charge in [0.05, 0.1) is 12.7 Å². The molecule has 0 saturated heterocycles. The fourth-order valence-electron chi connectivity index (χ4n) is 4.17. The lowest BCUT2D eigenvalue weighted by molar-refractivity contribution is 0.0697. The summed E-state index contributed by atoms with van der Waals surface area (Å²) in [6, 6.07) is 13.6. The maximum absolute atomic E-state index is 11.2. The number of benzene rings is 2. The average Bonchev–Trinajstić information content (AvgIpc) is 3.19. The van der Waals surface area contributed by atoms with Crippen LogP contribution in [-0.4, -0.2) is 47.7 Å². The molecule has 1 aliphatic heterocycles. The molecule has 156 valence electrons. The molecule has 5 heteroatoms. The summed E-state index contributed by atoms with van der Waals surface area (Å²) in [5, 5.41) is 10.2. The van der Waals surface area contributed by atoms with Crippen molar-refractivity contribution in [3.8, 4) is 5.75 Å². The number of carbonyl (C=O) groups is 1. The molecule has 2 aromatic carbocycles. The number of hydrogen-bond acceptors (Lipinski definition) is 3. The summed E-state index contributed by atoms with van der Waals surface area (Å²) >= 11 is 0. The normalized spacial score (nSPS) is 14.6. The Morgan fingerprint density at radius 3 is 2.87 bits per heavy atom. The molecule has 0 atom stereocenters. The van der Waals surface area contributed by atoms with E-state index in [0.717, 1.165) is 62.0 Å². The van der Waals surface area contributed by atoms with Crippen LogP contribution in [-0.2, 0) is 6.42 Å². The highest BCUT2D eigenvalue weighted by Crippen LogP contribution is 2.26. The molecule has 30 heavy (non-hydrogen) atoms. The summed E-state index contributed by atoms with van der Waals surface area (Å²) in [4.78, 5) is 17.0. The van der Waals surface area contributed by atoms with Gasteiger partial charge in [-0.2, -0.15) is 0 Å². The minimum Gasteiger partial charge on any atom is -0.497 e. The summed E-state index contributed by atoms with van der Waals surface area (Å²) in [6.07, 6.45) is 8.60. The molecule has 0 saturated carbocycles. The first-order valence-corrected chi connectivity index (χ1v) is 10.5. The second kappa shape index (κ2) is 9.18. The Labute approximate surface area is 177 Å². The SMILES string of the molecule is COc1cccc(C2=CCN(CCCCc3c[nH]c4ccc(C(=O)O)cc34)CC2)c1. The molecule has 1 aromatic heterocycles. The fourth-order valence-corrected chi connectivity index (χ4v) is 4.17. The highest BCUT2D eigenvalue weighted by molar-refractivity contribution is 5.94. The van der Waals surface area contributed by atoms with E-state index in [-0.39, 0.29) is 0 Å². The lowest BCUT2D eigenvalue weighted by atomic mass is 9.99. The number of methoxy groups -OCH3 is 1. The van der Waals surface area contributed by atoms with Crippen LogP contribution in [0.2, 0.25) is 0 Å². The highest BCUT2D eigenvalue weighted by atomic mass is 16.5. The Balaban J connectivity index is 1.28. The number of nitrogens with zero attached hydrogens (tertiary/aromatic N) is 1. The van der Waals surface area contributed by atoms with Crippen molar-refractivity contribution in [1.29, 1.82) is 0 Å². The quantitative estimate of drug-likeness (QED) is 0.519. The van der Waals surface area contributed by atoms with Crippen LogP contribution in [0.4, 0.5) is 0 Å². The molecule has 0 radical (unpaired) electrons. The smallest absolute Gasteiger partial charge is 0.335 e. The van der Waals surface area contributed by atoms with Gasteiger partial charge >= 0.3 is 5.97 Å². The molecule has 5 nitrogen and oxygen atoms in total. The third kappa shape index (κ3) is 4.57. The Bertz CT molecular complexity index is 1070. The van der Waals surface area contributed by atoms with Crippen molar-refractivity contribution in [3.05, 3.63) is 71.4 Å². The van der Waals surface area contributed by atoms with Gasteiger partial charge in [-0.25, -0.2) is 4.79 Å². The number of carboxylic acids is 1. The van der Waals surface area contributed by atoms with Gasteiger partial charge in [0.15, 0.2) is 0 Å².